The molecule has 1 atom stereocenters. The third-order valence-corrected chi connectivity index (χ3v) is 3.97. The third kappa shape index (κ3) is 5.01. The standard InChI is InChI=1S/C15H15BrN2O3S/c1-10-2-3-11(7-17-10)8-18-15(19)13-4-12(9-22(20)21)5-14(16)6-13/h2-7H,8-9H2,1H3,(H,18,19)(H,20,21). The van der Waals surface area contributed by atoms with E-state index in [0.717, 1.165) is 11.3 Å². The Labute approximate surface area is 139 Å². The Morgan fingerprint density at radius 3 is 2.73 bits per heavy atom. The highest BCUT2D eigenvalue weighted by Gasteiger charge is 2.09. The summed E-state index contributed by atoms with van der Waals surface area (Å²) in [6.07, 6.45) is 1.72. The maximum atomic E-state index is 12.2. The average Bonchev–Trinajstić information content (AvgIpc) is 2.45. The molecule has 1 heterocycles. The van der Waals surface area contributed by atoms with Crippen molar-refractivity contribution in [3.63, 3.8) is 0 Å². The van der Waals surface area contributed by atoms with Gasteiger partial charge in [-0.25, -0.2) is 4.21 Å². The van der Waals surface area contributed by atoms with Crippen LogP contribution in [0.15, 0.2) is 41.0 Å². The van der Waals surface area contributed by atoms with Gasteiger partial charge in [0.05, 0.1) is 5.75 Å². The normalized spacial score (nSPS) is 12.0. The molecule has 0 radical (unpaired) electrons. The Balaban J connectivity index is 2.07. The summed E-state index contributed by atoms with van der Waals surface area (Å²) in [4.78, 5) is 16.4. The summed E-state index contributed by atoms with van der Waals surface area (Å²) in [6.45, 7) is 2.27. The Kier molecular flexibility index (Phi) is 5.82. The van der Waals surface area contributed by atoms with Gasteiger partial charge in [-0.05, 0) is 42.3 Å². The quantitative estimate of drug-likeness (QED) is 0.779. The van der Waals surface area contributed by atoms with Gasteiger partial charge in [-0.3, -0.25) is 9.78 Å². The van der Waals surface area contributed by atoms with Crippen LogP contribution in [0.3, 0.4) is 0 Å². The van der Waals surface area contributed by atoms with Crippen LogP contribution in [0.2, 0.25) is 0 Å². The fourth-order valence-electron chi connectivity index (χ4n) is 1.89. The highest BCUT2D eigenvalue weighted by molar-refractivity contribution is 9.10. The van der Waals surface area contributed by atoms with Crippen molar-refractivity contribution in [2.45, 2.75) is 19.2 Å². The first kappa shape index (κ1) is 16.8. The Hall–Kier alpha value is -1.57. The molecule has 0 saturated carbocycles. The summed E-state index contributed by atoms with van der Waals surface area (Å²) in [5.74, 6) is -0.256. The minimum Gasteiger partial charge on any atom is -0.348 e. The van der Waals surface area contributed by atoms with Gasteiger partial charge >= 0.3 is 0 Å². The molecule has 2 rings (SSSR count). The van der Waals surface area contributed by atoms with Gasteiger partial charge in [0.1, 0.15) is 0 Å². The molecular weight excluding hydrogens is 368 g/mol. The van der Waals surface area contributed by atoms with Gasteiger partial charge in [0.25, 0.3) is 5.91 Å². The number of rotatable bonds is 5. The van der Waals surface area contributed by atoms with Crippen molar-refractivity contribution >= 4 is 32.9 Å². The first-order chi connectivity index (χ1) is 10.4. The zero-order valence-electron chi connectivity index (χ0n) is 11.9. The molecule has 7 heteroatoms. The molecule has 0 aliphatic rings. The van der Waals surface area contributed by atoms with Gasteiger partial charge in [0, 0.05) is 28.5 Å². The van der Waals surface area contributed by atoms with Gasteiger partial charge in [0.15, 0.2) is 11.1 Å². The second kappa shape index (κ2) is 7.62. The van der Waals surface area contributed by atoms with Crippen molar-refractivity contribution in [2.24, 2.45) is 0 Å². The second-order valence-electron chi connectivity index (χ2n) is 4.80. The number of hydrogen-bond acceptors (Lipinski definition) is 3. The lowest BCUT2D eigenvalue weighted by Crippen LogP contribution is -2.23. The van der Waals surface area contributed by atoms with Gasteiger partial charge in [-0.2, -0.15) is 0 Å². The molecule has 0 aliphatic carbocycles. The van der Waals surface area contributed by atoms with Gasteiger partial charge in [-0.15, -0.1) is 0 Å². The molecule has 2 N–H and O–H groups in total. The minimum atomic E-state index is -1.94. The minimum absolute atomic E-state index is 0.0123. The van der Waals surface area contributed by atoms with Crippen LogP contribution in [0.25, 0.3) is 0 Å². The van der Waals surface area contributed by atoms with E-state index in [-0.39, 0.29) is 11.7 Å². The summed E-state index contributed by atoms with van der Waals surface area (Å²) in [6, 6.07) is 8.79. The highest BCUT2D eigenvalue weighted by atomic mass is 79.9. The molecule has 5 nitrogen and oxygen atoms in total. The molecule has 1 aromatic heterocycles. The summed E-state index contributed by atoms with van der Waals surface area (Å²) >= 11 is 1.36. The van der Waals surface area contributed by atoms with Gasteiger partial charge in [-0.1, -0.05) is 22.0 Å². The lowest BCUT2D eigenvalue weighted by Gasteiger charge is -2.08. The van der Waals surface area contributed by atoms with Crippen LogP contribution in [0.4, 0.5) is 0 Å². The number of carbonyl (C=O) groups is 1. The number of aryl methyl sites for hydroxylation is 1. The molecule has 0 aliphatic heterocycles. The van der Waals surface area contributed by atoms with E-state index in [0.29, 0.717) is 22.1 Å². The first-order valence-electron chi connectivity index (χ1n) is 6.50. The van der Waals surface area contributed by atoms with Crippen molar-refractivity contribution in [2.75, 3.05) is 0 Å². The van der Waals surface area contributed by atoms with E-state index in [9.17, 15) is 9.00 Å². The van der Waals surface area contributed by atoms with Crippen LogP contribution in [-0.2, 0) is 23.4 Å². The van der Waals surface area contributed by atoms with E-state index in [2.05, 4.69) is 26.2 Å². The Morgan fingerprint density at radius 2 is 2.09 bits per heavy atom. The number of halogens is 1. The van der Waals surface area contributed by atoms with Crippen LogP contribution < -0.4 is 5.32 Å². The molecule has 116 valence electrons. The van der Waals surface area contributed by atoms with E-state index in [1.165, 1.54) is 0 Å². The summed E-state index contributed by atoms with van der Waals surface area (Å²) in [5, 5.41) is 2.80. The van der Waals surface area contributed by atoms with Gasteiger partial charge in [0.2, 0.25) is 0 Å². The monoisotopic (exact) mass is 382 g/mol. The summed E-state index contributed by atoms with van der Waals surface area (Å²) in [7, 11) is 0. The lowest BCUT2D eigenvalue weighted by atomic mass is 10.1. The first-order valence-corrected chi connectivity index (χ1v) is 8.57. The zero-order valence-corrected chi connectivity index (χ0v) is 14.3. The molecule has 1 aromatic carbocycles. The number of aromatic nitrogens is 1. The number of carbonyl (C=O) groups excluding carboxylic acids is 1. The van der Waals surface area contributed by atoms with Crippen LogP contribution in [0.1, 0.15) is 27.2 Å². The third-order valence-electron chi connectivity index (χ3n) is 2.94. The van der Waals surface area contributed by atoms with E-state index >= 15 is 0 Å². The number of amides is 1. The van der Waals surface area contributed by atoms with E-state index in [1.807, 2.05) is 19.1 Å². The maximum Gasteiger partial charge on any atom is 0.251 e. The summed E-state index contributed by atoms with van der Waals surface area (Å²) < 4.78 is 20.5. The predicted octanol–water partition coefficient (Wildman–Crippen LogP) is 2.80. The molecule has 1 amide bonds. The van der Waals surface area contributed by atoms with Crippen LogP contribution in [0, 0.1) is 6.92 Å². The topological polar surface area (TPSA) is 79.3 Å². The maximum absolute atomic E-state index is 12.2. The molecule has 0 saturated heterocycles. The molecule has 22 heavy (non-hydrogen) atoms. The number of nitrogens with zero attached hydrogens (tertiary/aromatic N) is 1. The van der Waals surface area contributed by atoms with E-state index in [1.54, 1.807) is 24.4 Å². The smallest absolute Gasteiger partial charge is 0.251 e. The molecule has 1 unspecified atom stereocenters. The number of pyridine rings is 1. The fourth-order valence-corrected chi connectivity index (χ4v) is 2.89. The predicted molar refractivity (Wildman–Crippen MR) is 88.8 cm³/mol. The Bertz CT molecular complexity index is 704. The largest absolute Gasteiger partial charge is 0.348 e. The number of benzene rings is 1. The second-order valence-corrected chi connectivity index (χ2v) is 6.65. The van der Waals surface area contributed by atoms with Gasteiger partial charge < -0.3 is 9.87 Å². The SMILES string of the molecule is Cc1ccc(CNC(=O)c2cc(Br)cc(CS(=O)O)c2)cn1. The fraction of sp³-hybridized carbons (Fsp3) is 0.200. The number of hydrogen-bond donors (Lipinski definition) is 2. The van der Waals surface area contributed by atoms with Crippen LogP contribution in [-0.4, -0.2) is 19.7 Å². The number of nitrogens with one attached hydrogen (secondary N) is 1. The van der Waals surface area contributed by atoms with Crippen molar-refractivity contribution in [3.05, 3.63) is 63.4 Å². The molecule has 0 spiro atoms. The molecule has 2 aromatic rings. The lowest BCUT2D eigenvalue weighted by molar-refractivity contribution is 0.0950. The summed E-state index contributed by atoms with van der Waals surface area (Å²) in [5.41, 5.74) is 2.89. The van der Waals surface area contributed by atoms with Crippen molar-refractivity contribution in [1.82, 2.24) is 10.3 Å². The van der Waals surface area contributed by atoms with E-state index < -0.39 is 11.1 Å². The average molecular weight is 383 g/mol. The van der Waals surface area contributed by atoms with Crippen molar-refractivity contribution in [1.29, 1.82) is 0 Å². The molecule has 0 fully saturated rings. The van der Waals surface area contributed by atoms with Crippen LogP contribution >= 0.6 is 15.9 Å². The Morgan fingerprint density at radius 1 is 1.32 bits per heavy atom. The van der Waals surface area contributed by atoms with Crippen molar-refractivity contribution < 1.29 is 13.6 Å². The van der Waals surface area contributed by atoms with E-state index in [4.69, 9.17) is 4.55 Å². The molecular formula is C15H15BrN2O3S. The highest BCUT2D eigenvalue weighted by Crippen LogP contribution is 2.17. The zero-order chi connectivity index (χ0) is 16.1. The van der Waals surface area contributed by atoms with Crippen LogP contribution in [0.5, 0.6) is 0 Å². The van der Waals surface area contributed by atoms with Crippen molar-refractivity contribution in [3.8, 4) is 0 Å². The molecule has 0 bridgehead atoms.